The lowest BCUT2D eigenvalue weighted by Crippen LogP contribution is -2.47. The van der Waals surface area contributed by atoms with Crippen LogP contribution >= 0.6 is 0 Å². The molecule has 180 valence electrons. The van der Waals surface area contributed by atoms with E-state index in [1.165, 1.54) is 0 Å². The zero-order valence-electron chi connectivity index (χ0n) is 20.6. The molecule has 7 nitrogen and oxygen atoms in total. The van der Waals surface area contributed by atoms with Crippen molar-refractivity contribution in [2.45, 2.75) is 71.4 Å². The molecule has 1 atom stereocenters. The van der Waals surface area contributed by atoms with E-state index in [2.05, 4.69) is 23.3 Å². The van der Waals surface area contributed by atoms with E-state index >= 15 is 0 Å². The fourth-order valence-corrected chi connectivity index (χ4v) is 4.60. The van der Waals surface area contributed by atoms with E-state index in [4.69, 9.17) is 9.72 Å². The molecule has 0 saturated carbocycles. The molecule has 1 saturated heterocycles. The maximum Gasteiger partial charge on any atom is 0.410 e. The number of nitrogens with zero attached hydrogens (tertiary/aromatic N) is 3. The Kier molecular flexibility index (Phi) is 7.00. The number of aryl methyl sites for hydroxylation is 1. The van der Waals surface area contributed by atoms with Gasteiger partial charge in [0.15, 0.2) is 0 Å². The van der Waals surface area contributed by atoms with Gasteiger partial charge in [-0.15, -0.1) is 0 Å². The van der Waals surface area contributed by atoms with Crippen LogP contribution in [0.1, 0.15) is 79.7 Å². The molecule has 4 rings (SSSR count). The van der Waals surface area contributed by atoms with Gasteiger partial charge in [0.2, 0.25) is 5.95 Å². The number of aromatic nitrogens is 2. The largest absolute Gasteiger partial charge is 0.444 e. The molecule has 0 spiro atoms. The number of allylic oxidation sites excluding steroid dienone is 1. The van der Waals surface area contributed by atoms with Gasteiger partial charge in [0, 0.05) is 36.5 Å². The maximum atomic E-state index is 12.5. The molecule has 2 aliphatic rings. The second kappa shape index (κ2) is 9.95. The summed E-state index contributed by atoms with van der Waals surface area (Å²) in [5, 5.41) is 3.46. The van der Waals surface area contributed by atoms with E-state index < -0.39 is 5.60 Å². The number of benzene rings is 1. The summed E-state index contributed by atoms with van der Waals surface area (Å²) in [5.41, 5.74) is 5.61. The SMILES string of the molecule is CCCc1cnc(NC2CCCN(C(=O)OC(C)(C)C)C2)nc1C1=CCc2cc(C=O)ccc21. The second-order valence-corrected chi connectivity index (χ2v) is 10.1. The van der Waals surface area contributed by atoms with E-state index in [1.807, 2.05) is 45.2 Å². The first-order chi connectivity index (χ1) is 16.3. The van der Waals surface area contributed by atoms with Crippen molar-refractivity contribution >= 4 is 23.9 Å². The summed E-state index contributed by atoms with van der Waals surface area (Å²) >= 11 is 0. The first kappa shape index (κ1) is 23.9. The van der Waals surface area contributed by atoms with Crippen molar-refractivity contribution in [2.75, 3.05) is 18.4 Å². The summed E-state index contributed by atoms with van der Waals surface area (Å²) in [7, 11) is 0. The highest BCUT2D eigenvalue weighted by Gasteiger charge is 2.28. The number of hydrogen-bond donors (Lipinski definition) is 1. The monoisotopic (exact) mass is 462 g/mol. The number of fused-ring (bicyclic) bond motifs is 1. The van der Waals surface area contributed by atoms with E-state index in [9.17, 15) is 9.59 Å². The third-order valence-corrected chi connectivity index (χ3v) is 6.13. The molecule has 2 aromatic rings. The van der Waals surface area contributed by atoms with Crippen LogP contribution in [0.25, 0.3) is 5.57 Å². The van der Waals surface area contributed by atoms with Crippen LogP contribution in [-0.4, -0.2) is 52.0 Å². The smallest absolute Gasteiger partial charge is 0.410 e. The van der Waals surface area contributed by atoms with E-state index in [-0.39, 0.29) is 12.1 Å². The number of piperidine rings is 1. The molecule has 7 heteroatoms. The number of anilines is 1. The lowest BCUT2D eigenvalue weighted by atomic mass is 9.97. The highest BCUT2D eigenvalue weighted by molar-refractivity contribution is 5.86. The van der Waals surface area contributed by atoms with Crippen LogP contribution in [0.3, 0.4) is 0 Å². The summed E-state index contributed by atoms with van der Waals surface area (Å²) in [4.78, 5) is 35.0. The molecule has 34 heavy (non-hydrogen) atoms. The van der Waals surface area contributed by atoms with Gasteiger partial charge in [0.25, 0.3) is 0 Å². The number of nitrogens with one attached hydrogen (secondary N) is 1. The van der Waals surface area contributed by atoms with Crippen LogP contribution in [0, 0.1) is 0 Å². The average molecular weight is 463 g/mol. The Balaban J connectivity index is 1.54. The predicted molar refractivity (Wildman–Crippen MR) is 133 cm³/mol. The maximum absolute atomic E-state index is 12.5. The number of likely N-dealkylation sites (tertiary alicyclic amines) is 1. The Morgan fingerprint density at radius 1 is 1.32 bits per heavy atom. The summed E-state index contributed by atoms with van der Waals surface area (Å²) < 4.78 is 5.55. The topological polar surface area (TPSA) is 84.4 Å². The molecule has 1 fully saturated rings. The minimum atomic E-state index is -0.512. The Morgan fingerprint density at radius 2 is 2.15 bits per heavy atom. The minimum absolute atomic E-state index is 0.0612. The Hall–Kier alpha value is -3.22. The molecule has 1 aromatic carbocycles. The molecular weight excluding hydrogens is 428 g/mol. The lowest BCUT2D eigenvalue weighted by molar-refractivity contribution is 0.0206. The molecule has 1 aliphatic heterocycles. The third-order valence-electron chi connectivity index (χ3n) is 6.13. The number of aldehydes is 1. The van der Waals surface area contributed by atoms with Gasteiger partial charge in [-0.2, -0.15) is 0 Å². The van der Waals surface area contributed by atoms with Crippen LogP contribution in [0.5, 0.6) is 0 Å². The number of amides is 1. The highest BCUT2D eigenvalue weighted by atomic mass is 16.6. The first-order valence-electron chi connectivity index (χ1n) is 12.2. The summed E-state index contributed by atoms with van der Waals surface area (Å²) in [6.07, 6.45) is 9.24. The molecule has 1 N–H and O–H groups in total. The van der Waals surface area contributed by atoms with Crippen LogP contribution in [0.2, 0.25) is 0 Å². The average Bonchev–Trinajstić information content (AvgIpc) is 3.22. The number of ether oxygens (including phenoxy) is 1. The van der Waals surface area contributed by atoms with Gasteiger partial charge >= 0.3 is 6.09 Å². The zero-order valence-corrected chi connectivity index (χ0v) is 20.6. The van der Waals surface area contributed by atoms with Crippen molar-refractivity contribution in [1.82, 2.24) is 14.9 Å². The number of carbonyl (C=O) groups excluding carboxylic acids is 2. The normalized spacial score (nSPS) is 17.7. The fraction of sp³-hybridized carbons (Fsp3) is 0.481. The standard InChI is InChI=1S/C27H34N4O3/c1-5-7-20-15-28-25(29-21-8-6-13-31(16-21)26(33)34-27(2,3)4)30-24(20)23-12-10-19-14-18(17-32)9-11-22(19)23/h9,11-12,14-15,17,21H,5-8,10,13,16H2,1-4H3,(H,28,29,30). The minimum Gasteiger partial charge on any atom is -0.444 e. The Labute approximate surface area is 201 Å². The molecule has 1 aliphatic carbocycles. The molecule has 1 unspecified atom stereocenters. The predicted octanol–water partition coefficient (Wildman–Crippen LogP) is 5.04. The molecule has 1 amide bonds. The molecule has 0 bridgehead atoms. The Morgan fingerprint density at radius 3 is 2.88 bits per heavy atom. The highest BCUT2D eigenvalue weighted by Crippen LogP contribution is 2.34. The first-order valence-corrected chi connectivity index (χ1v) is 12.2. The summed E-state index contributed by atoms with van der Waals surface area (Å²) in [6, 6.07) is 5.89. The lowest BCUT2D eigenvalue weighted by Gasteiger charge is -2.34. The van der Waals surface area contributed by atoms with Gasteiger partial charge in [0.1, 0.15) is 11.9 Å². The second-order valence-electron chi connectivity index (χ2n) is 10.1. The van der Waals surface area contributed by atoms with Crippen molar-refractivity contribution in [2.24, 2.45) is 0 Å². The summed E-state index contributed by atoms with van der Waals surface area (Å²) in [5.74, 6) is 0.574. The molecule has 1 aromatic heterocycles. The van der Waals surface area contributed by atoms with Crippen LogP contribution in [0.15, 0.2) is 30.5 Å². The van der Waals surface area contributed by atoms with Gasteiger partial charge < -0.3 is 15.0 Å². The van der Waals surface area contributed by atoms with Crippen molar-refractivity contribution < 1.29 is 14.3 Å². The number of rotatable bonds is 6. The summed E-state index contributed by atoms with van der Waals surface area (Å²) in [6.45, 7) is 9.05. The van der Waals surface area contributed by atoms with Crippen LogP contribution in [0.4, 0.5) is 10.7 Å². The van der Waals surface area contributed by atoms with E-state index in [1.54, 1.807) is 4.90 Å². The Bertz CT molecular complexity index is 1100. The van der Waals surface area contributed by atoms with Crippen molar-refractivity contribution in [3.05, 3.63) is 58.4 Å². The van der Waals surface area contributed by atoms with Gasteiger partial charge in [0.05, 0.1) is 5.69 Å². The van der Waals surface area contributed by atoms with Gasteiger partial charge in [-0.05, 0) is 69.2 Å². The van der Waals surface area contributed by atoms with Crippen molar-refractivity contribution in [3.63, 3.8) is 0 Å². The fourth-order valence-electron chi connectivity index (χ4n) is 4.60. The zero-order chi connectivity index (χ0) is 24.3. The molecule has 0 radical (unpaired) electrons. The van der Waals surface area contributed by atoms with Gasteiger partial charge in [-0.3, -0.25) is 4.79 Å². The molecular formula is C27H34N4O3. The molecule has 2 heterocycles. The van der Waals surface area contributed by atoms with Crippen LogP contribution < -0.4 is 5.32 Å². The quantitative estimate of drug-likeness (QED) is 0.606. The van der Waals surface area contributed by atoms with E-state index in [0.29, 0.717) is 24.6 Å². The van der Waals surface area contributed by atoms with Gasteiger partial charge in [-0.1, -0.05) is 31.6 Å². The number of carbonyl (C=O) groups is 2. The van der Waals surface area contributed by atoms with Crippen molar-refractivity contribution in [1.29, 1.82) is 0 Å². The number of hydrogen-bond acceptors (Lipinski definition) is 6. The third kappa shape index (κ3) is 5.46. The van der Waals surface area contributed by atoms with Crippen molar-refractivity contribution in [3.8, 4) is 0 Å². The van der Waals surface area contributed by atoms with Crippen LogP contribution in [-0.2, 0) is 17.6 Å². The van der Waals surface area contributed by atoms with E-state index in [0.717, 1.165) is 66.3 Å². The van der Waals surface area contributed by atoms with Gasteiger partial charge in [-0.25, -0.2) is 14.8 Å².